The molecule has 1 fully saturated rings. The van der Waals surface area contributed by atoms with Gasteiger partial charge in [0.25, 0.3) is 5.91 Å². The van der Waals surface area contributed by atoms with Gasteiger partial charge in [-0.2, -0.15) is 0 Å². The molecule has 2 rings (SSSR count). The number of rotatable bonds is 9. The Balaban J connectivity index is 1.84. The standard InChI is InChI=1S/C18H24N2O5/c1-11(2)8-15(18(23)24)20-16(21)10-25-14-5-3-4-13(9-14)19-17(22)12-6-7-12/h3-5,9,11-12,15H,6-8,10H2,1-2H3,(H,19,22)(H,20,21)(H,23,24)/t15-/m0/s1. The molecule has 1 aliphatic carbocycles. The number of amides is 2. The highest BCUT2D eigenvalue weighted by atomic mass is 16.5. The first kappa shape index (κ1) is 18.8. The van der Waals surface area contributed by atoms with Gasteiger partial charge >= 0.3 is 5.97 Å². The summed E-state index contributed by atoms with van der Waals surface area (Å²) in [5.41, 5.74) is 0.609. The molecule has 1 aliphatic rings. The van der Waals surface area contributed by atoms with Crippen LogP contribution in [0.15, 0.2) is 24.3 Å². The molecule has 7 nitrogen and oxygen atoms in total. The van der Waals surface area contributed by atoms with E-state index in [0.29, 0.717) is 17.9 Å². The first-order valence-corrected chi connectivity index (χ1v) is 8.41. The Labute approximate surface area is 146 Å². The van der Waals surface area contributed by atoms with Crippen molar-refractivity contribution in [2.45, 2.75) is 39.2 Å². The molecule has 0 bridgehead atoms. The lowest BCUT2D eigenvalue weighted by Gasteiger charge is -2.16. The van der Waals surface area contributed by atoms with E-state index in [9.17, 15) is 14.4 Å². The van der Waals surface area contributed by atoms with Crippen LogP contribution in [0, 0.1) is 11.8 Å². The normalized spacial score (nSPS) is 14.7. The average molecular weight is 348 g/mol. The summed E-state index contributed by atoms with van der Waals surface area (Å²) in [6.45, 7) is 3.49. The van der Waals surface area contributed by atoms with Gasteiger partial charge in [-0.1, -0.05) is 19.9 Å². The maximum Gasteiger partial charge on any atom is 0.326 e. The molecule has 0 aliphatic heterocycles. The van der Waals surface area contributed by atoms with Crippen LogP contribution in [0.2, 0.25) is 0 Å². The minimum absolute atomic E-state index is 0.00659. The Hall–Kier alpha value is -2.57. The maximum atomic E-state index is 11.9. The molecule has 1 atom stereocenters. The molecule has 0 saturated heterocycles. The smallest absolute Gasteiger partial charge is 0.326 e. The van der Waals surface area contributed by atoms with Crippen LogP contribution in [-0.2, 0) is 14.4 Å². The molecule has 3 N–H and O–H groups in total. The fourth-order valence-electron chi connectivity index (χ4n) is 2.33. The molecule has 7 heteroatoms. The van der Waals surface area contributed by atoms with E-state index in [1.807, 2.05) is 13.8 Å². The number of hydrogen-bond donors (Lipinski definition) is 3. The fourth-order valence-corrected chi connectivity index (χ4v) is 2.33. The summed E-state index contributed by atoms with van der Waals surface area (Å²) in [7, 11) is 0. The summed E-state index contributed by atoms with van der Waals surface area (Å²) in [6.07, 6.45) is 2.19. The van der Waals surface area contributed by atoms with Gasteiger partial charge in [-0.25, -0.2) is 4.79 Å². The molecule has 2 amide bonds. The molecule has 1 aromatic carbocycles. The molecule has 0 aromatic heterocycles. The first-order valence-electron chi connectivity index (χ1n) is 8.41. The van der Waals surface area contributed by atoms with Crippen molar-refractivity contribution in [3.63, 3.8) is 0 Å². The zero-order chi connectivity index (χ0) is 18.4. The summed E-state index contributed by atoms with van der Waals surface area (Å²) in [5.74, 6) is -0.891. The fraction of sp³-hybridized carbons (Fsp3) is 0.500. The number of hydrogen-bond acceptors (Lipinski definition) is 4. The van der Waals surface area contributed by atoms with Gasteiger partial charge < -0.3 is 20.5 Å². The zero-order valence-electron chi connectivity index (χ0n) is 14.5. The average Bonchev–Trinajstić information content (AvgIpc) is 3.37. The van der Waals surface area contributed by atoms with Gasteiger partial charge in [-0.05, 0) is 37.3 Å². The Kier molecular flexibility index (Phi) is 6.38. The topological polar surface area (TPSA) is 105 Å². The van der Waals surface area contributed by atoms with Gasteiger partial charge in [-0.15, -0.1) is 0 Å². The van der Waals surface area contributed by atoms with Crippen LogP contribution >= 0.6 is 0 Å². The minimum Gasteiger partial charge on any atom is -0.484 e. The van der Waals surface area contributed by atoms with Crippen molar-refractivity contribution in [3.05, 3.63) is 24.3 Å². The molecule has 136 valence electrons. The Morgan fingerprint density at radius 3 is 2.60 bits per heavy atom. The molecular formula is C18H24N2O5. The monoisotopic (exact) mass is 348 g/mol. The van der Waals surface area contributed by atoms with Crippen molar-refractivity contribution in [1.82, 2.24) is 5.32 Å². The summed E-state index contributed by atoms with van der Waals surface area (Å²) in [4.78, 5) is 34.8. The largest absolute Gasteiger partial charge is 0.484 e. The van der Waals surface area contributed by atoms with E-state index in [0.717, 1.165) is 12.8 Å². The third-order valence-electron chi connectivity index (χ3n) is 3.76. The van der Waals surface area contributed by atoms with Crippen molar-refractivity contribution in [3.8, 4) is 5.75 Å². The number of anilines is 1. The van der Waals surface area contributed by atoms with Crippen molar-refractivity contribution >= 4 is 23.5 Å². The first-order chi connectivity index (χ1) is 11.8. The van der Waals surface area contributed by atoms with E-state index in [1.54, 1.807) is 24.3 Å². The van der Waals surface area contributed by atoms with Gasteiger partial charge in [0, 0.05) is 17.7 Å². The van der Waals surface area contributed by atoms with E-state index in [4.69, 9.17) is 9.84 Å². The van der Waals surface area contributed by atoms with Gasteiger partial charge in [0.15, 0.2) is 6.61 Å². The van der Waals surface area contributed by atoms with Gasteiger partial charge in [0.1, 0.15) is 11.8 Å². The highest BCUT2D eigenvalue weighted by molar-refractivity contribution is 5.94. The van der Waals surface area contributed by atoms with E-state index >= 15 is 0 Å². The number of aliphatic carboxylic acids is 1. The zero-order valence-corrected chi connectivity index (χ0v) is 14.5. The van der Waals surface area contributed by atoms with Crippen LogP contribution in [0.25, 0.3) is 0 Å². The maximum absolute atomic E-state index is 11.9. The van der Waals surface area contributed by atoms with Crippen LogP contribution in [0.5, 0.6) is 5.75 Å². The molecule has 0 spiro atoms. The molecule has 0 radical (unpaired) electrons. The number of carboxylic acids is 1. The van der Waals surface area contributed by atoms with Gasteiger partial charge in [0.2, 0.25) is 5.91 Å². The minimum atomic E-state index is -1.06. The van der Waals surface area contributed by atoms with Crippen LogP contribution in [0.1, 0.15) is 33.1 Å². The number of benzene rings is 1. The number of carbonyl (C=O) groups is 3. The lowest BCUT2D eigenvalue weighted by Crippen LogP contribution is -2.43. The third kappa shape index (κ3) is 6.45. The van der Waals surface area contributed by atoms with E-state index in [-0.39, 0.29) is 24.3 Å². The van der Waals surface area contributed by atoms with Crippen molar-refractivity contribution in [1.29, 1.82) is 0 Å². The summed E-state index contributed by atoms with van der Waals surface area (Å²) >= 11 is 0. The predicted molar refractivity (Wildman–Crippen MR) is 92.3 cm³/mol. The lowest BCUT2D eigenvalue weighted by atomic mass is 10.0. The highest BCUT2D eigenvalue weighted by Gasteiger charge is 2.29. The van der Waals surface area contributed by atoms with Crippen LogP contribution in [0.3, 0.4) is 0 Å². The second-order valence-corrected chi connectivity index (χ2v) is 6.67. The van der Waals surface area contributed by atoms with Crippen LogP contribution in [-0.4, -0.2) is 35.5 Å². The second kappa shape index (κ2) is 8.50. The Morgan fingerprint density at radius 2 is 2.00 bits per heavy atom. The molecule has 1 saturated carbocycles. The Morgan fingerprint density at radius 1 is 1.28 bits per heavy atom. The highest BCUT2D eigenvalue weighted by Crippen LogP contribution is 2.30. The van der Waals surface area contributed by atoms with Crippen LogP contribution < -0.4 is 15.4 Å². The van der Waals surface area contributed by atoms with Crippen molar-refractivity contribution < 1.29 is 24.2 Å². The van der Waals surface area contributed by atoms with Gasteiger partial charge in [0.05, 0.1) is 0 Å². The van der Waals surface area contributed by atoms with E-state index in [2.05, 4.69) is 10.6 Å². The molecule has 1 aromatic rings. The number of nitrogens with one attached hydrogen (secondary N) is 2. The van der Waals surface area contributed by atoms with Crippen molar-refractivity contribution in [2.24, 2.45) is 11.8 Å². The number of ether oxygens (including phenoxy) is 1. The van der Waals surface area contributed by atoms with E-state index in [1.165, 1.54) is 0 Å². The summed E-state index contributed by atoms with van der Waals surface area (Å²) in [5, 5.41) is 14.4. The number of carboxylic acid groups (broad SMARTS) is 1. The number of carbonyl (C=O) groups excluding carboxylic acids is 2. The summed E-state index contributed by atoms with van der Waals surface area (Å²) in [6, 6.07) is 5.84. The van der Waals surface area contributed by atoms with Gasteiger partial charge in [-0.3, -0.25) is 9.59 Å². The Bertz CT molecular complexity index is 640. The summed E-state index contributed by atoms with van der Waals surface area (Å²) < 4.78 is 5.40. The van der Waals surface area contributed by atoms with E-state index < -0.39 is 17.9 Å². The third-order valence-corrected chi connectivity index (χ3v) is 3.76. The van der Waals surface area contributed by atoms with Crippen molar-refractivity contribution in [2.75, 3.05) is 11.9 Å². The molecule has 0 heterocycles. The molecule has 0 unspecified atom stereocenters. The lowest BCUT2D eigenvalue weighted by molar-refractivity contribution is -0.142. The van der Waals surface area contributed by atoms with Crippen LogP contribution in [0.4, 0.5) is 5.69 Å². The quantitative estimate of drug-likeness (QED) is 0.633. The predicted octanol–water partition coefficient (Wildman–Crippen LogP) is 2.03. The SMILES string of the molecule is CC(C)C[C@H](NC(=O)COc1cccc(NC(=O)C2CC2)c1)C(=O)O. The second-order valence-electron chi connectivity index (χ2n) is 6.67. The molecule has 25 heavy (non-hydrogen) atoms. The molecular weight excluding hydrogens is 324 g/mol.